The van der Waals surface area contributed by atoms with E-state index in [4.69, 9.17) is 0 Å². The summed E-state index contributed by atoms with van der Waals surface area (Å²) in [7, 11) is 0. The standard InChI is InChI=1S/C75H58BN3/c1-7-21-52(22-8-1)58-37-40-69-68(46-58)76-67-39-38-60(77-61-42-50-41-51(44-61)45-62(77)43-50)49-70(67)79(75-65(56-29-15-5-16-30-56)35-20-36-66(75)57-31-17-6-18-32-57)72-48-59(53-23-9-2-10-24-53)47-71(73(72)76)78(69)74-63(54-25-11-3-12-26-54)33-19-34-64(74)55-27-13-4-14-28-55/h1-40,46-51,61-62H,41-45H2. The Morgan fingerprint density at radius 1 is 0.278 bits per heavy atom. The van der Waals surface area contributed by atoms with E-state index in [0.29, 0.717) is 12.1 Å². The largest absolute Gasteiger partial charge is 0.365 e. The summed E-state index contributed by atoms with van der Waals surface area (Å²) in [6, 6.07) is 102. The first-order valence-corrected chi connectivity index (χ1v) is 28.6. The van der Waals surface area contributed by atoms with Crippen LogP contribution in [-0.2, 0) is 0 Å². The van der Waals surface area contributed by atoms with Crippen LogP contribution in [0.5, 0.6) is 0 Å². The monoisotopic (exact) mass is 1010 g/mol. The van der Waals surface area contributed by atoms with Gasteiger partial charge in [0, 0.05) is 62.8 Å². The van der Waals surface area contributed by atoms with Crippen molar-refractivity contribution >= 4 is 62.9 Å². The predicted molar refractivity (Wildman–Crippen MR) is 333 cm³/mol. The van der Waals surface area contributed by atoms with E-state index in [9.17, 15) is 0 Å². The molecule has 0 atom stereocenters. The molecule has 376 valence electrons. The first kappa shape index (κ1) is 46.0. The van der Waals surface area contributed by atoms with E-state index in [2.05, 4.69) is 282 Å². The van der Waals surface area contributed by atoms with Gasteiger partial charge in [-0.2, -0.15) is 0 Å². The summed E-state index contributed by atoms with van der Waals surface area (Å²) >= 11 is 0. The highest BCUT2D eigenvalue weighted by atomic mass is 15.2. The van der Waals surface area contributed by atoms with Crippen LogP contribution in [0.4, 0.5) is 39.8 Å². The Kier molecular flexibility index (Phi) is 11.0. The summed E-state index contributed by atoms with van der Waals surface area (Å²) in [6.45, 7) is -0.105. The second-order valence-electron chi connectivity index (χ2n) is 22.8. The normalized spacial score (nSPS) is 18.3. The van der Waals surface area contributed by atoms with Crippen molar-refractivity contribution in [1.29, 1.82) is 0 Å². The summed E-state index contributed by atoms with van der Waals surface area (Å²) in [5.74, 6) is 1.71. The first-order valence-electron chi connectivity index (χ1n) is 28.6. The highest BCUT2D eigenvalue weighted by Gasteiger charge is 2.49. The van der Waals surface area contributed by atoms with E-state index in [1.165, 1.54) is 149 Å². The molecule has 11 aromatic carbocycles. The molecule has 3 nitrogen and oxygen atoms in total. The summed E-state index contributed by atoms with van der Waals surface area (Å²) in [6.07, 6.45) is 6.64. The Bertz CT molecular complexity index is 3950. The minimum atomic E-state index is -0.105. The van der Waals surface area contributed by atoms with Crippen molar-refractivity contribution in [1.82, 2.24) is 0 Å². The van der Waals surface area contributed by atoms with Crippen molar-refractivity contribution in [3.05, 3.63) is 267 Å². The number of anilines is 7. The second-order valence-corrected chi connectivity index (χ2v) is 22.8. The Hall–Kier alpha value is -9.12. The molecule has 4 heteroatoms. The molecule has 2 saturated carbocycles. The van der Waals surface area contributed by atoms with Gasteiger partial charge in [-0.15, -0.1) is 0 Å². The number of nitrogens with zero attached hydrogens (tertiary/aromatic N) is 3. The van der Waals surface area contributed by atoms with Gasteiger partial charge in [-0.1, -0.05) is 237 Å². The molecule has 6 aliphatic rings. The van der Waals surface area contributed by atoms with Gasteiger partial charge >= 0.3 is 0 Å². The Morgan fingerprint density at radius 2 is 0.684 bits per heavy atom. The molecule has 4 heterocycles. The third-order valence-electron chi connectivity index (χ3n) is 18.3. The number of fused-ring (bicyclic) bond motifs is 4. The number of hydrogen-bond donors (Lipinski definition) is 0. The minimum absolute atomic E-state index is 0.105. The lowest BCUT2D eigenvalue weighted by Crippen LogP contribution is -2.62. The van der Waals surface area contributed by atoms with Crippen LogP contribution in [0.3, 0.4) is 0 Å². The molecule has 0 unspecified atom stereocenters. The van der Waals surface area contributed by atoms with Crippen LogP contribution in [0.25, 0.3) is 66.8 Å². The van der Waals surface area contributed by atoms with Crippen molar-refractivity contribution in [3.63, 3.8) is 0 Å². The highest BCUT2D eigenvalue weighted by Crippen LogP contribution is 2.56. The molecule has 2 saturated heterocycles. The van der Waals surface area contributed by atoms with Crippen molar-refractivity contribution < 1.29 is 0 Å². The third-order valence-corrected chi connectivity index (χ3v) is 18.3. The van der Waals surface area contributed by atoms with Crippen LogP contribution >= 0.6 is 0 Å². The summed E-state index contributed by atoms with van der Waals surface area (Å²) in [5, 5.41) is 0. The predicted octanol–water partition coefficient (Wildman–Crippen LogP) is 17.5. The zero-order valence-electron chi connectivity index (χ0n) is 44.2. The quantitative estimate of drug-likeness (QED) is 0.133. The van der Waals surface area contributed by atoms with Gasteiger partial charge in [-0.05, 0) is 135 Å². The molecule has 17 rings (SSSR count). The fourth-order valence-electron chi connectivity index (χ4n) is 15.2. The molecular formula is C75H58BN3. The van der Waals surface area contributed by atoms with Crippen molar-refractivity contribution in [3.8, 4) is 66.8 Å². The van der Waals surface area contributed by atoms with Crippen LogP contribution in [0.2, 0.25) is 0 Å². The maximum Gasteiger partial charge on any atom is 0.252 e. The Balaban J connectivity index is 1.06. The summed E-state index contributed by atoms with van der Waals surface area (Å²) < 4.78 is 0. The molecule has 0 N–H and O–H groups in total. The van der Waals surface area contributed by atoms with Gasteiger partial charge in [0.25, 0.3) is 6.71 Å². The smallest absolute Gasteiger partial charge is 0.252 e. The number of para-hydroxylation sites is 2. The summed E-state index contributed by atoms with van der Waals surface area (Å²) in [4.78, 5) is 8.28. The van der Waals surface area contributed by atoms with E-state index in [0.717, 1.165) is 17.5 Å². The third kappa shape index (κ3) is 7.64. The fourth-order valence-corrected chi connectivity index (χ4v) is 15.2. The van der Waals surface area contributed by atoms with Crippen molar-refractivity contribution in [2.24, 2.45) is 11.8 Å². The molecule has 11 aromatic rings. The van der Waals surface area contributed by atoms with Crippen LogP contribution in [0.15, 0.2) is 267 Å². The van der Waals surface area contributed by atoms with Gasteiger partial charge < -0.3 is 14.7 Å². The highest BCUT2D eigenvalue weighted by molar-refractivity contribution is 7.00. The number of benzene rings is 11. The van der Waals surface area contributed by atoms with E-state index >= 15 is 0 Å². The van der Waals surface area contributed by atoms with Gasteiger partial charge in [0.1, 0.15) is 0 Å². The molecule has 0 radical (unpaired) electrons. The van der Waals surface area contributed by atoms with Gasteiger partial charge in [-0.3, -0.25) is 0 Å². The molecule has 0 aromatic heterocycles. The van der Waals surface area contributed by atoms with Crippen molar-refractivity contribution in [2.75, 3.05) is 14.7 Å². The SMILES string of the molecule is c1ccc(-c2ccc3c(c2)B2c4ccc(N5C6CC7CC(C6)CC5C7)cc4N(c4c(-c5ccccc5)cccc4-c4ccccc4)c4cc(-c5ccccc5)cc(c42)N3c2c(-c3ccccc3)cccc2-c2ccccc2)cc1. The minimum Gasteiger partial charge on any atom is -0.365 e. The zero-order valence-corrected chi connectivity index (χ0v) is 44.2. The molecule has 4 fully saturated rings. The number of piperidine rings is 2. The van der Waals surface area contributed by atoms with Crippen LogP contribution in [0, 0.1) is 11.8 Å². The lowest BCUT2D eigenvalue weighted by molar-refractivity contribution is 0.0900. The number of rotatable bonds is 9. The lowest BCUT2D eigenvalue weighted by Gasteiger charge is -2.57. The molecule has 2 aliphatic carbocycles. The molecule has 4 bridgehead atoms. The molecular weight excluding hydrogens is 954 g/mol. The molecule has 0 spiro atoms. The Morgan fingerprint density at radius 3 is 1.13 bits per heavy atom. The topological polar surface area (TPSA) is 9.72 Å². The van der Waals surface area contributed by atoms with E-state index in [1.807, 2.05) is 0 Å². The first-order chi connectivity index (χ1) is 39.2. The maximum absolute atomic E-state index is 2.89. The van der Waals surface area contributed by atoms with E-state index < -0.39 is 0 Å². The Labute approximate surface area is 464 Å². The number of hydrogen-bond acceptors (Lipinski definition) is 3. The zero-order chi connectivity index (χ0) is 52.0. The van der Waals surface area contributed by atoms with E-state index in [-0.39, 0.29) is 6.71 Å². The van der Waals surface area contributed by atoms with E-state index in [1.54, 1.807) is 0 Å². The molecule has 4 aliphatic heterocycles. The van der Waals surface area contributed by atoms with Crippen LogP contribution < -0.4 is 31.1 Å². The molecule has 79 heavy (non-hydrogen) atoms. The van der Waals surface area contributed by atoms with Gasteiger partial charge in [0.15, 0.2) is 0 Å². The van der Waals surface area contributed by atoms with Crippen LogP contribution in [0.1, 0.15) is 32.1 Å². The molecule has 0 amide bonds. The maximum atomic E-state index is 2.89. The van der Waals surface area contributed by atoms with Crippen LogP contribution in [-0.4, -0.2) is 18.8 Å². The van der Waals surface area contributed by atoms with Gasteiger partial charge in [0.05, 0.1) is 11.4 Å². The van der Waals surface area contributed by atoms with Gasteiger partial charge in [0.2, 0.25) is 0 Å². The van der Waals surface area contributed by atoms with Crippen molar-refractivity contribution in [2.45, 2.75) is 44.2 Å². The fraction of sp³-hybridized carbons (Fsp3) is 0.120. The summed E-state index contributed by atoms with van der Waals surface area (Å²) in [5.41, 5.74) is 26.7. The average Bonchev–Trinajstić information content (AvgIpc) is 3.14. The second kappa shape index (κ2) is 18.8. The average molecular weight is 1010 g/mol. The lowest BCUT2D eigenvalue weighted by atomic mass is 9.33. The van der Waals surface area contributed by atoms with Gasteiger partial charge in [-0.25, -0.2) is 0 Å².